The van der Waals surface area contributed by atoms with Gasteiger partial charge >= 0.3 is 5.69 Å². The Morgan fingerprint density at radius 2 is 1.77 bits per heavy atom. The first-order valence-electron chi connectivity index (χ1n) is 8.74. The molecular formula is C19H17ClN6O5. The van der Waals surface area contributed by atoms with Crippen LogP contribution >= 0.6 is 11.6 Å². The van der Waals surface area contributed by atoms with Crippen LogP contribution in [0.25, 0.3) is 0 Å². The van der Waals surface area contributed by atoms with Crippen LogP contribution in [0.3, 0.4) is 0 Å². The van der Waals surface area contributed by atoms with Crippen molar-refractivity contribution in [3.63, 3.8) is 0 Å². The monoisotopic (exact) mass is 444 g/mol. The lowest BCUT2D eigenvalue weighted by Crippen LogP contribution is -2.30. The summed E-state index contributed by atoms with van der Waals surface area (Å²) in [6, 6.07) is 11.3. The highest BCUT2D eigenvalue weighted by Gasteiger charge is 2.25. The summed E-state index contributed by atoms with van der Waals surface area (Å²) < 4.78 is 10.4. The summed E-state index contributed by atoms with van der Waals surface area (Å²) in [5.41, 5.74) is 4.93. The molecule has 0 aliphatic carbocycles. The van der Waals surface area contributed by atoms with Crippen LogP contribution in [0.1, 0.15) is 10.4 Å². The average Bonchev–Trinajstić information content (AvgIpc) is 2.77. The molecule has 0 radical (unpaired) electrons. The van der Waals surface area contributed by atoms with E-state index in [0.29, 0.717) is 22.2 Å². The first-order valence-corrected chi connectivity index (χ1v) is 9.11. The number of hydrogen-bond donors (Lipinski definition) is 3. The Labute approximate surface area is 181 Å². The van der Waals surface area contributed by atoms with Crippen molar-refractivity contribution in [2.45, 2.75) is 0 Å². The Hall–Kier alpha value is -4.12. The van der Waals surface area contributed by atoms with Gasteiger partial charge in [-0.2, -0.15) is 0 Å². The zero-order valence-electron chi connectivity index (χ0n) is 16.4. The normalized spacial score (nSPS) is 10.2. The van der Waals surface area contributed by atoms with E-state index >= 15 is 0 Å². The Balaban J connectivity index is 1.88. The first kappa shape index (κ1) is 21.6. The highest BCUT2D eigenvalue weighted by Crippen LogP contribution is 2.35. The smallest absolute Gasteiger partial charge is 0.355 e. The minimum absolute atomic E-state index is 0.130. The molecule has 0 spiro atoms. The predicted octanol–water partition coefficient (Wildman–Crippen LogP) is 3.56. The summed E-state index contributed by atoms with van der Waals surface area (Å²) in [5, 5.41) is 14.9. The van der Waals surface area contributed by atoms with Crippen molar-refractivity contribution in [2.75, 3.05) is 25.0 Å². The molecule has 1 aromatic heterocycles. The Kier molecular flexibility index (Phi) is 6.67. The third-order valence-electron chi connectivity index (χ3n) is 4.07. The van der Waals surface area contributed by atoms with E-state index in [4.69, 9.17) is 21.1 Å². The molecule has 0 atom stereocenters. The van der Waals surface area contributed by atoms with Gasteiger partial charge in [-0.15, -0.1) is 0 Å². The maximum Gasteiger partial charge on any atom is 0.355 e. The van der Waals surface area contributed by atoms with Crippen molar-refractivity contribution in [1.82, 2.24) is 15.4 Å². The van der Waals surface area contributed by atoms with Gasteiger partial charge in [-0.3, -0.25) is 25.8 Å². The maximum atomic E-state index is 12.5. The van der Waals surface area contributed by atoms with Crippen LogP contribution in [-0.4, -0.2) is 35.0 Å². The lowest BCUT2D eigenvalue weighted by molar-refractivity contribution is -0.383. The molecule has 3 N–H and O–H groups in total. The molecule has 0 saturated heterocycles. The van der Waals surface area contributed by atoms with Gasteiger partial charge in [-0.1, -0.05) is 23.7 Å². The largest absolute Gasteiger partial charge is 0.496 e. The molecule has 160 valence electrons. The highest BCUT2D eigenvalue weighted by molar-refractivity contribution is 6.31. The van der Waals surface area contributed by atoms with Crippen molar-refractivity contribution in [1.29, 1.82) is 0 Å². The third-order valence-corrected chi connectivity index (χ3v) is 4.30. The number of carbonyl (C=O) groups excluding carboxylic acids is 1. The molecule has 0 aliphatic heterocycles. The van der Waals surface area contributed by atoms with Gasteiger partial charge in [0.15, 0.2) is 0 Å². The number of anilines is 3. The Bertz CT molecular complexity index is 1130. The van der Waals surface area contributed by atoms with E-state index in [1.54, 1.807) is 36.4 Å². The SMILES string of the molecule is COc1ccc(Cl)cc1Nc1ncnc(NNC(=O)c2ccccc2OC)c1[N+](=O)[O-]. The summed E-state index contributed by atoms with van der Waals surface area (Å²) in [5.74, 6) is -0.191. The molecule has 0 fully saturated rings. The highest BCUT2D eigenvalue weighted by atomic mass is 35.5. The molecule has 1 amide bonds. The van der Waals surface area contributed by atoms with Crippen molar-refractivity contribution in [3.8, 4) is 11.5 Å². The van der Waals surface area contributed by atoms with Crippen molar-refractivity contribution >= 4 is 40.5 Å². The van der Waals surface area contributed by atoms with Gasteiger partial charge in [0.05, 0.1) is 30.4 Å². The number of nitrogens with one attached hydrogen (secondary N) is 3. The van der Waals surface area contributed by atoms with Crippen LogP contribution in [0.4, 0.5) is 23.0 Å². The number of nitrogens with zero attached hydrogens (tertiary/aromatic N) is 3. The number of carbonyl (C=O) groups is 1. The van der Waals surface area contributed by atoms with Crippen LogP contribution < -0.4 is 25.6 Å². The molecule has 2 aromatic carbocycles. The number of ether oxygens (including phenoxy) is 2. The fourth-order valence-electron chi connectivity index (χ4n) is 2.66. The number of nitro groups is 1. The van der Waals surface area contributed by atoms with Gasteiger partial charge in [0.1, 0.15) is 17.8 Å². The van der Waals surface area contributed by atoms with E-state index in [2.05, 4.69) is 26.1 Å². The summed E-state index contributed by atoms with van der Waals surface area (Å²) >= 11 is 6.01. The molecule has 0 aliphatic rings. The predicted molar refractivity (Wildman–Crippen MR) is 114 cm³/mol. The molecule has 1 heterocycles. The van der Waals surface area contributed by atoms with Crippen molar-refractivity contribution in [2.24, 2.45) is 0 Å². The number of rotatable bonds is 8. The molecule has 3 rings (SSSR count). The van der Waals surface area contributed by atoms with Crippen molar-refractivity contribution in [3.05, 3.63) is 69.5 Å². The first-order chi connectivity index (χ1) is 14.9. The number of hydrazine groups is 1. The fraction of sp³-hybridized carbons (Fsp3) is 0.105. The minimum atomic E-state index is -0.684. The minimum Gasteiger partial charge on any atom is -0.496 e. The van der Waals surface area contributed by atoms with Crippen LogP contribution in [0, 0.1) is 10.1 Å². The molecule has 12 heteroatoms. The molecule has 31 heavy (non-hydrogen) atoms. The van der Waals surface area contributed by atoms with E-state index in [0.717, 1.165) is 6.33 Å². The number of benzene rings is 2. The quantitative estimate of drug-likeness (QED) is 0.351. The van der Waals surface area contributed by atoms with Gasteiger partial charge in [-0.05, 0) is 30.3 Å². The zero-order valence-corrected chi connectivity index (χ0v) is 17.1. The van der Waals surface area contributed by atoms with Crippen LogP contribution in [0.5, 0.6) is 11.5 Å². The Morgan fingerprint density at radius 3 is 2.48 bits per heavy atom. The maximum absolute atomic E-state index is 12.5. The number of para-hydroxylation sites is 1. The van der Waals surface area contributed by atoms with Gasteiger partial charge < -0.3 is 14.8 Å². The standard InChI is InChI=1S/C19H17ClN6O5/c1-30-14-6-4-3-5-12(14)19(27)25-24-18-16(26(28)29)17(21-10-22-18)23-13-9-11(20)7-8-15(13)31-2/h3-10H,1-2H3,(H,25,27)(H2,21,22,23,24). The van der Waals surface area contributed by atoms with Gasteiger partial charge in [0, 0.05) is 5.02 Å². The summed E-state index contributed by atoms with van der Waals surface area (Å²) in [7, 11) is 2.88. The average molecular weight is 445 g/mol. The summed E-state index contributed by atoms with van der Waals surface area (Å²) in [6.45, 7) is 0. The van der Waals surface area contributed by atoms with Gasteiger partial charge in [0.25, 0.3) is 5.91 Å². The molecule has 11 nitrogen and oxygen atoms in total. The molecule has 0 unspecified atom stereocenters. The summed E-state index contributed by atoms with van der Waals surface area (Å²) in [4.78, 5) is 31.3. The van der Waals surface area contributed by atoms with Gasteiger partial charge in [-0.25, -0.2) is 9.97 Å². The lowest BCUT2D eigenvalue weighted by Gasteiger charge is -2.13. The zero-order chi connectivity index (χ0) is 22.4. The van der Waals surface area contributed by atoms with Crippen molar-refractivity contribution < 1.29 is 19.2 Å². The third kappa shape index (κ3) is 4.90. The number of hydrogen-bond acceptors (Lipinski definition) is 9. The number of halogens is 1. The van der Waals surface area contributed by atoms with Gasteiger partial charge in [0.2, 0.25) is 11.6 Å². The van der Waals surface area contributed by atoms with Crippen LogP contribution in [-0.2, 0) is 0 Å². The van der Waals surface area contributed by atoms with E-state index in [9.17, 15) is 14.9 Å². The molecular weight excluding hydrogens is 428 g/mol. The van der Waals surface area contributed by atoms with E-state index in [-0.39, 0.29) is 17.2 Å². The fourth-order valence-corrected chi connectivity index (χ4v) is 2.83. The van der Waals surface area contributed by atoms with E-state index in [1.807, 2.05) is 0 Å². The lowest BCUT2D eigenvalue weighted by atomic mass is 10.2. The topological polar surface area (TPSA) is 141 Å². The second-order valence-corrected chi connectivity index (χ2v) is 6.36. The number of aromatic nitrogens is 2. The molecule has 0 bridgehead atoms. The molecule has 0 saturated carbocycles. The van der Waals surface area contributed by atoms with E-state index < -0.39 is 16.5 Å². The second-order valence-electron chi connectivity index (χ2n) is 5.93. The number of amides is 1. The Morgan fingerprint density at radius 1 is 1.06 bits per heavy atom. The van der Waals surface area contributed by atoms with Crippen LogP contribution in [0.15, 0.2) is 48.8 Å². The summed E-state index contributed by atoms with van der Waals surface area (Å²) in [6.07, 6.45) is 1.10. The second kappa shape index (κ2) is 9.59. The molecule has 3 aromatic rings. The van der Waals surface area contributed by atoms with Crippen LogP contribution in [0.2, 0.25) is 5.02 Å². The van der Waals surface area contributed by atoms with E-state index in [1.165, 1.54) is 20.3 Å². The number of methoxy groups -OCH3 is 2.